The van der Waals surface area contributed by atoms with Crippen LogP contribution in [-0.4, -0.2) is 0 Å². The van der Waals surface area contributed by atoms with Crippen LogP contribution in [0.4, 0.5) is 0 Å². The van der Waals surface area contributed by atoms with Crippen molar-refractivity contribution in [2.45, 2.75) is 19.3 Å². The maximum Gasteiger partial charge on any atom is -0.00917 e. The lowest BCUT2D eigenvalue weighted by Crippen LogP contribution is -1.90. The van der Waals surface area contributed by atoms with Crippen LogP contribution in [0.1, 0.15) is 19.3 Å². The molecule has 0 heterocycles. The van der Waals surface area contributed by atoms with Gasteiger partial charge in [-0.25, -0.2) is 0 Å². The van der Waals surface area contributed by atoms with Gasteiger partial charge in [-0.05, 0) is 30.4 Å². The summed E-state index contributed by atoms with van der Waals surface area (Å²) in [6.45, 7) is 0. The Hall–Kier alpha value is -1.04. The molecule has 2 aliphatic carbocycles. The Morgan fingerprint density at radius 1 is 0.909 bits per heavy atom. The molecule has 2 aliphatic rings. The first-order valence-electron chi connectivity index (χ1n) is 4.18. The molecule has 0 aromatic rings. The Labute approximate surface area is 67.6 Å². The zero-order chi connectivity index (χ0) is 7.52. The monoisotopic (exact) mass is 144 g/mol. The average Bonchev–Trinajstić information content (AvgIpc) is 2.28. The topological polar surface area (TPSA) is 0 Å². The van der Waals surface area contributed by atoms with Crippen LogP contribution in [0.5, 0.6) is 0 Å². The van der Waals surface area contributed by atoms with E-state index in [0.717, 1.165) is 6.42 Å². The second-order valence-corrected chi connectivity index (χ2v) is 2.98. The lowest BCUT2D eigenvalue weighted by atomic mass is 9.96. The molecule has 0 nitrogen and oxygen atoms in total. The van der Waals surface area contributed by atoms with Gasteiger partial charge in [0.25, 0.3) is 0 Å². The molecule has 0 bridgehead atoms. The fourth-order valence-electron chi connectivity index (χ4n) is 1.57. The molecule has 0 saturated carbocycles. The highest BCUT2D eigenvalue weighted by Crippen LogP contribution is 2.24. The minimum absolute atomic E-state index is 1.11. The van der Waals surface area contributed by atoms with E-state index in [4.69, 9.17) is 0 Å². The summed E-state index contributed by atoms with van der Waals surface area (Å²) in [4.78, 5) is 0. The van der Waals surface area contributed by atoms with Crippen molar-refractivity contribution < 1.29 is 0 Å². The Bertz CT molecular complexity index is 262. The van der Waals surface area contributed by atoms with Gasteiger partial charge in [0.1, 0.15) is 0 Å². The minimum atomic E-state index is 1.11. The zero-order valence-corrected chi connectivity index (χ0v) is 6.59. The van der Waals surface area contributed by atoms with Gasteiger partial charge in [0, 0.05) is 0 Å². The summed E-state index contributed by atoms with van der Waals surface area (Å²) in [6.07, 6.45) is 16.8. The SMILES string of the molecule is C1=CCC2=C(C=C1)CCC=C2. The Morgan fingerprint density at radius 3 is 2.91 bits per heavy atom. The molecule has 0 N–H and O–H groups in total. The number of allylic oxidation sites excluding steroid dienone is 8. The van der Waals surface area contributed by atoms with Crippen LogP contribution in [0.25, 0.3) is 0 Å². The van der Waals surface area contributed by atoms with Crippen LogP contribution >= 0.6 is 0 Å². The van der Waals surface area contributed by atoms with E-state index < -0.39 is 0 Å². The first-order valence-corrected chi connectivity index (χ1v) is 4.18. The predicted molar refractivity (Wildman–Crippen MR) is 48.3 cm³/mol. The summed E-state index contributed by atoms with van der Waals surface area (Å²) in [6, 6.07) is 0. The summed E-state index contributed by atoms with van der Waals surface area (Å²) < 4.78 is 0. The van der Waals surface area contributed by atoms with Gasteiger partial charge in [0.2, 0.25) is 0 Å². The van der Waals surface area contributed by atoms with E-state index >= 15 is 0 Å². The van der Waals surface area contributed by atoms with Crippen LogP contribution in [0.3, 0.4) is 0 Å². The fourth-order valence-corrected chi connectivity index (χ4v) is 1.57. The molecule has 0 unspecified atom stereocenters. The standard InChI is InChI=1S/C11H12/c1-2-6-10-8-4-5-9-11(10)7-3-1/h1-4,7-8H,5-6,9H2. The number of rotatable bonds is 0. The highest BCUT2D eigenvalue weighted by Gasteiger charge is 2.04. The molecular formula is C11H12. The molecule has 0 amide bonds. The van der Waals surface area contributed by atoms with Crippen LogP contribution in [0.15, 0.2) is 47.6 Å². The first kappa shape index (κ1) is 6.66. The highest BCUT2D eigenvalue weighted by atomic mass is 14.1. The van der Waals surface area contributed by atoms with Gasteiger partial charge in [-0.15, -0.1) is 0 Å². The lowest BCUT2D eigenvalue weighted by molar-refractivity contribution is 0.958. The van der Waals surface area contributed by atoms with E-state index in [0.29, 0.717) is 0 Å². The van der Waals surface area contributed by atoms with Gasteiger partial charge in [-0.2, -0.15) is 0 Å². The lowest BCUT2D eigenvalue weighted by Gasteiger charge is -2.09. The molecule has 56 valence electrons. The van der Waals surface area contributed by atoms with Crippen LogP contribution in [-0.2, 0) is 0 Å². The molecular weight excluding hydrogens is 132 g/mol. The van der Waals surface area contributed by atoms with Crippen molar-refractivity contribution in [1.82, 2.24) is 0 Å². The Kier molecular flexibility index (Phi) is 1.76. The summed E-state index contributed by atoms with van der Waals surface area (Å²) in [5, 5.41) is 0. The summed E-state index contributed by atoms with van der Waals surface area (Å²) in [5.74, 6) is 0. The molecule has 11 heavy (non-hydrogen) atoms. The fraction of sp³-hybridized carbons (Fsp3) is 0.273. The predicted octanol–water partition coefficient (Wildman–Crippen LogP) is 3.15. The summed E-state index contributed by atoms with van der Waals surface area (Å²) in [5.41, 5.74) is 3.03. The van der Waals surface area contributed by atoms with Gasteiger partial charge < -0.3 is 0 Å². The van der Waals surface area contributed by atoms with Crippen molar-refractivity contribution in [3.8, 4) is 0 Å². The van der Waals surface area contributed by atoms with Gasteiger partial charge in [0.05, 0.1) is 0 Å². The largest absolute Gasteiger partial charge is 0.0839 e. The normalized spacial score (nSPS) is 21.8. The van der Waals surface area contributed by atoms with E-state index in [1.165, 1.54) is 24.0 Å². The van der Waals surface area contributed by atoms with Crippen LogP contribution in [0, 0.1) is 0 Å². The van der Waals surface area contributed by atoms with Crippen molar-refractivity contribution in [2.24, 2.45) is 0 Å². The smallest absolute Gasteiger partial charge is 0.00917 e. The molecule has 2 rings (SSSR count). The van der Waals surface area contributed by atoms with Crippen molar-refractivity contribution in [1.29, 1.82) is 0 Å². The van der Waals surface area contributed by atoms with Crippen molar-refractivity contribution >= 4 is 0 Å². The van der Waals surface area contributed by atoms with Crippen molar-refractivity contribution in [2.75, 3.05) is 0 Å². The van der Waals surface area contributed by atoms with Gasteiger partial charge >= 0.3 is 0 Å². The minimum Gasteiger partial charge on any atom is -0.0839 e. The van der Waals surface area contributed by atoms with E-state index in [1.807, 2.05) is 0 Å². The van der Waals surface area contributed by atoms with Gasteiger partial charge in [-0.1, -0.05) is 36.5 Å². The van der Waals surface area contributed by atoms with E-state index in [2.05, 4.69) is 36.5 Å². The van der Waals surface area contributed by atoms with Gasteiger partial charge in [0.15, 0.2) is 0 Å². The molecule has 0 aliphatic heterocycles. The molecule has 0 fully saturated rings. The Morgan fingerprint density at radius 2 is 1.91 bits per heavy atom. The zero-order valence-electron chi connectivity index (χ0n) is 6.59. The number of hydrogen-bond acceptors (Lipinski definition) is 0. The second-order valence-electron chi connectivity index (χ2n) is 2.98. The molecule has 0 saturated heterocycles. The summed E-state index contributed by atoms with van der Waals surface area (Å²) in [7, 11) is 0. The summed E-state index contributed by atoms with van der Waals surface area (Å²) >= 11 is 0. The maximum atomic E-state index is 2.27. The van der Waals surface area contributed by atoms with E-state index in [1.54, 1.807) is 0 Å². The number of hydrogen-bond donors (Lipinski definition) is 0. The van der Waals surface area contributed by atoms with Crippen LogP contribution in [0.2, 0.25) is 0 Å². The van der Waals surface area contributed by atoms with E-state index in [-0.39, 0.29) is 0 Å². The van der Waals surface area contributed by atoms with Crippen LogP contribution < -0.4 is 0 Å². The molecule has 0 atom stereocenters. The Balaban J connectivity index is 2.34. The maximum absolute atomic E-state index is 2.27. The second kappa shape index (κ2) is 2.91. The average molecular weight is 144 g/mol. The van der Waals surface area contributed by atoms with Crippen molar-refractivity contribution in [3.05, 3.63) is 47.6 Å². The third-order valence-electron chi connectivity index (χ3n) is 2.19. The third-order valence-corrected chi connectivity index (χ3v) is 2.19. The van der Waals surface area contributed by atoms with Gasteiger partial charge in [-0.3, -0.25) is 0 Å². The molecule has 0 radical (unpaired) electrons. The third kappa shape index (κ3) is 1.35. The highest BCUT2D eigenvalue weighted by molar-refractivity contribution is 5.40. The molecule has 0 heteroatoms. The molecule has 0 aromatic heterocycles. The quantitative estimate of drug-likeness (QED) is 0.490. The van der Waals surface area contributed by atoms with E-state index in [9.17, 15) is 0 Å². The van der Waals surface area contributed by atoms with Crippen molar-refractivity contribution in [3.63, 3.8) is 0 Å². The molecule has 0 spiro atoms. The first-order chi connectivity index (χ1) is 5.47. The molecule has 0 aromatic carbocycles.